The molecule has 0 aliphatic carbocycles. The van der Waals surface area contributed by atoms with Crippen molar-refractivity contribution < 1.29 is 49.3 Å². The lowest BCUT2D eigenvalue weighted by Crippen LogP contribution is -2.66. The molecule has 1 amide bonds. The quantitative estimate of drug-likeness (QED) is 0.182. The predicted molar refractivity (Wildman–Crippen MR) is 133 cm³/mol. The van der Waals surface area contributed by atoms with Gasteiger partial charge in [0.1, 0.15) is 30.5 Å². The van der Waals surface area contributed by atoms with Crippen LogP contribution in [0.1, 0.15) is 54.9 Å². The molecule has 0 aromatic heterocycles. The first-order chi connectivity index (χ1) is 16.7. The number of hydrogen-bond acceptors (Lipinski definition) is 10. The Balaban J connectivity index is 2.48. The minimum absolute atomic E-state index is 0.0626. The van der Waals surface area contributed by atoms with Crippen molar-refractivity contribution in [3.8, 4) is 0 Å². The van der Waals surface area contributed by atoms with Gasteiger partial charge in [0.25, 0.3) is 0 Å². The second-order valence-corrected chi connectivity index (χ2v) is 16.6. The molecule has 2 saturated heterocycles. The summed E-state index contributed by atoms with van der Waals surface area (Å²) >= 11 is 0. The Morgan fingerprint density at radius 1 is 0.806 bits per heavy atom. The van der Waals surface area contributed by atoms with Gasteiger partial charge in [0, 0.05) is 12.8 Å². The van der Waals surface area contributed by atoms with Crippen LogP contribution in [0.5, 0.6) is 0 Å². The molecular formula is C24H47NO10Si. The SMILES string of the molecule is CC(=O)N[C@H]1[C@@H](O[Si](C(C)C)(C(C)C)C(C)C)O[C@H](CO)[C@H](O)[C@@H]1C[C@H]1O[C@H](CO)[C@@H](O)[C@H](O)[C@@H]1O. The lowest BCUT2D eigenvalue weighted by atomic mass is 9.80. The van der Waals surface area contributed by atoms with Gasteiger partial charge in [-0.2, -0.15) is 0 Å². The normalized spacial score (nSPS) is 38.1. The Morgan fingerprint density at radius 3 is 1.72 bits per heavy atom. The highest BCUT2D eigenvalue weighted by atomic mass is 28.4. The highest BCUT2D eigenvalue weighted by Gasteiger charge is 2.54. The molecular weight excluding hydrogens is 490 g/mol. The van der Waals surface area contributed by atoms with Crippen molar-refractivity contribution >= 4 is 14.2 Å². The third-order valence-corrected chi connectivity index (χ3v) is 14.0. The summed E-state index contributed by atoms with van der Waals surface area (Å²) in [6, 6.07) is -0.851. The molecule has 0 unspecified atom stereocenters. The number of nitrogens with one attached hydrogen (secondary N) is 1. The van der Waals surface area contributed by atoms with E-state index in [0.717, 1.165) is 0 Å². The maximum absolute atomic E-state index is 12.2. The van der Waals surface area contributed by atoms with Gasteiger partial charge in [0.2, 0.25) is 14.2 Å². The number of ether oxygens (including phenoxy) is 2. The molecule has 10 atom stereocenters. The van der Waals surface area contributed by atoms with E-state index in [1.54, 1.807) is 0 Å². The first-order valence-electron chi connectivity index (χ1n) is 12.9. The van der Waals surface area contributed by atoms with Gasteiger partial charge >= 0.3 is 0 Å². The van der Waals surface area contributed by atoms with Crippen LogP contribution in [0.3, 0.4) is 0 Å². The topological polar surface area (TPSA) is 178 Å². The van der Waals surface area contributed by atoms with E-state index < -0.39 is 82.5 Å². The smallest absolute Gasteiger partial charge is 0.217 e. The van der Waals surface area contributed by atoms with Crippen molar-refractivity contribution in [3.05, 3.63) is 0 Å². The van der Waals surface area contributed by atoms with E-state index in [2.05, 4.69) is 46.9 Å². The minimum Gasteiger partial charge on any atom is -0.394 e. The molecule has 0 spiro atoms. The fourth-order valence-electron chi connectivity index (χ4n) is 6.23. The fraction of sp³-hybridized carbons (Fsp3) is 0.958. The molecule has 36 heavy (non-hydrogen) atoms. The van der Waals surface area contributed by atoms with Gasteiger partial charge in [-0.05, 0) is 23.0 Å². The standard InChI is InChI=1S/C24H47NO10Si/c1-11(2)36(12(3)4,13(5)6)35-24-19(25-14(7)28)15(20(29)17(9-26)34-24)8-16-21(30)23(32)22(31)18(10-27)33-16/h11-13,15-24,26-27,29-32H,8-10H2,1-7H3,(H,25,28)/t15-,16-,17-,18-,19-,20-,21-,22-,23-,24-/m1/s1. The Hall–Kier alpha value is -0.673. The zero-order chi connectivity index (χ0) is 27.5. The number of carbonyl (C=O) groups excluding carboxylic acids is 1. The number of amides is 1. The maximum atomic E-state index is 12.2. The van der Waals surface area contributed by atoms with Crippen molar-refractivity contribution in [3.63, 3.8) is 0 Å². The molecule has 12 heteroatoms. The van der Waals surface area contributed by atoms with E-state index in [-0.39, 0.29) is 29.0 Å². The van der Waals surface area contributed by atoms with Crippen LogP contribution in [-0.4, -0.2) is 113 Å². The van der Waals surface area contributed by atoms with Gasteiger partial charge in [-0.1, -0.05) is 41.5 Å². The average Bonchev–Trinajstić information content (AvgIpc) is 2.79. The van der Waals surface area contributed by atoms with E-state index in [1.807, 2.05) is 0 Å². The summed E-state index contributed by atoms with van der Waals surface area (Å²) in [5.74, 6) is -1.18. The van der Waals surface area contributed by atoms with Gasteiger partial charge in [0.05, 0.1) is 31.5 Å². The molecule has 0 radical (unpaired) electrons. The van der Waals surface area contributed by atoms with Gasteiger partial charge < -0.3 is 49.9 Å². The van der Waals surface area contributed by atoms with Gasteiger partial charge in [0.15, 0.2) is 6.29 Å². The van der Waals surface area contributed by atoms with Gasteiger partial charge in [-0.3, -0.25) is 4.79 Å². The Bertz CT molecular complexity index is 687. The Kier molecular flexibility index (Phi) is 11.3. The summed E-state index contributed by atoms with van der Waals surface area (Å²) in [5.41, 5.74) is 0.590. The number of carbonyl (C=O) groups is 1. The molecule has 11 nitrogen and oxygen atoms in total. The third kappa shape index (κ3) is 6.30. The van der Waals surface area contributed by atoms with Crippen LogP contribution in [-0.2, 0) is 18.7 Å². The summed E-state index contributed by atoms with van der Waals surface area (Å²) in [6.45, 7) is 12.9. The van der Waals surface area contributed by atoms with Gasteiger partial charge in [-0.25, -0.2) is 0 Å². The van der Waals surface area contributed by atoms with E-state index in [9.17, 15) is 35.4 Å². The fourth-order valence-corrected chi connectivity index (χ4v) is 11.6. The van der Waals surface area contributed by atoms with Crippen LogP contribution >= 0.6 is 0 Å². The van der Waals surface area contributed by atoms with Crippen LogP contribution in [0, 0.1) is 5.92 Å². The zero-order valence-electron chi connectivity index (χ0n) is 22.4. The molecule has 0 aromatic carbocycles. The summed E-state index contributed by atoms with van der Waals surface area (Å²) < 4.78 is 18.6. The van der Waals surface area contributed by atoms with Crippen LogP contribution in [0.2, 0.25) is 16.6 Å². The van der Waals surface area contributed by atoms with E-state index >= 15 is 0 Å². The first-order valence-corrected chi connectivity index (χ1v) is 15.1. The van der Waals surface area contributed by atoms with Crippen LogP contribution in [0.15, 0.2) is 0 Å². The number of aliphatic hydroxyl groups is 6. The molecule has 7 N–H and O–H groups in total. The van der Waals surface area contributed by atoms with Crippen molar-refractivity contribution in [2.45, 2.75) is 127 Å². The molecule has 2 heterocycles. The van der Waals surface area contributed by atoms with Crippen LogP contribution < -0.4 is 5.32 Å². The molecule has 2 aliphatic heterocycles. The molecule has 0 aromatic rings. The van der Waals surface area contributed by atoms with E-state index in [0.29, 0.717) is 0 Å². The first kappa shape index (κ1) is 31.5. The highest BCUT2D eigenvalue weighted by Crippen LogP contribution is 2.45. The number of rotatable bonds is 10. The van der Waals surface area contributed by atoms with Crippen molar-refractivity contribution in [2.75, 3.05) is 13.2 Å². The number of hydrogen-bond donors (Lipinski definition) is 7. The molecule has 0 bridgehead atoms. The van der Waals surface area contributed by atoms with E-state index in [1.165, 1.54) is 6.92 Å². The predicted octanol–water partition coefficient (Wildman–Crippen LogP) is -0.390. The summed E-state index contributed by atoms with van der Waals surface area (Å²) in [6.07, 6.45) is -10.1. The molecule has 2 aliphatic rings. The lowest BCUT2D eigenvalue weighted by Gasteiger charge is -2.51. The second-order valence-electron chi connectivity index (χ2n) is 11.1. The monoisotopic (exact) mass is 537 g/mol. The molecule has 2 rings (SSSR count). The second kappa shape index (κ2) is 12.9. The minimum atomic E-state index is -2.53. The molecule has 212 valence electrons. The van der Waals surface area contributed by atoms with Crippen molar-refractivity contribution in [1.82, 2.24) is 5.32 Å². The highest BCUT2D eigenvalue weighted by molar-refractivity contribution is 6.77. The van der Waals surface area contributed by atoms with Crippen molar-refractivity contribution in [1.29, 1.82) is 0 Å². The largest absolute Gasteiger partial charge is 0.394 e. The van der Waals surface area contributed by atoms with E-state index in [4.69, 9.17) is 13.9 Å². The van der Waals surface area contributed by atoms with Crippen molar-refractivity contribution in [2.24, 2.45) is 5.92 Å². The lowest BCUT2D eigenvalue weighted by molar-refractivity contribution is -0.258. The maximum Gasteiger partial charge on any atom is 0.217 e. The van der Waals surface area contributed by atoms with Crippen LogP contribution in [0.25, 0.3) is 0 Å². The van der Waals surface area contributed by atoms with Crippen LogP contribution in [0.4, 0.5) is 0 Å². The average molecular weight is 538 g/mol. The molecule has 0 saturated carbocycles. The molecule has 2 fully saturated rings. The summed E-state index contributed by atoms with van der Waals surface area (Å²) in [4.78, 5) is 12.2. The third-order valence-electron chi connectivity index (χ3n) is 7.96. The summed E-state index contributed by atoms with van der Waals surface area (Å²) in [7, 11) is -2.53. The zero-order valence-corrected chi connectivity index (χ0v) is 23.4. The Morgan fingerprint density at radius 2 is 1.28 bits per heavy atom. The van der Waals surface area contributed by atoms with Gasteiger partial charge in [-0.15, -0.1) is 0 Å². The summed E-state index contributed by atoms with van der Waals surface area (Å²) in [5, 5.41) is 64.5. The Labute approximate surface area is 214 Å². The number of aliphatic hydroxyl groups excluding tert-OH is 6.